The molecule has 2 nitrogen and oxygen atoms in total. The van der Waals surface area contributed by atoms with Gasteiger partial charge in [0.1, 0.15) is 5.75 Å². The Kier molecular flexibility index (Phi) is 5.79. The van der Waals surface area contributed by atoms with Gasteiger partial charge in [-0.2, -0.15) is 0 Å². The van der Waals surface area contributed by atoms with E-state index < -0.39 is 0 Å². The topological polar surface area (TPSA) is 23.5 Å². The fraction of sp³-hybridized carbons (Fsp3) is 0.200. The molecular weight excluding hydrogens is 510 g/mol. The minimum Gasteiger partial charge on any atom is -0.507 e. The molecule has 1 N–H and O–H groups in total. The minimum absolute atomic E-state index is 0.0275. The Hall–Kier alpha value is -4.56. The number of phenols is 1. The fourth-order valence-corrected chi connectivity index (χ4v) is 6.52. The summed E-state index contributed by atoms with van der Waals surface area (Å²) in [6.07, 6.45) is 0. The van der Waals surface area contributed by atoms with Gasteiger partial charge >= 0.3 is 0 Å². The van der Waals surface area contributed by atoms with Crippen LogP contribution in [0.3, 0.4) is 0 Å². The molecule has 0 aliphatic rings. The van der Waals surface area contributed by atoms with Crippen LogP contribution in [0, 0.1) is 0 Å². The van der Waals surface area contributed by atoms with Crippen molar-refractivity contribution in [3.05, 3.63) is 120 Å². The van der Waals surface area contributed by atoms with Crippen LogP contribution in [0.25, 0.3) is 43.1 Å². The molecule has 2 heteroatoms. The van der Waals surface area contributed by atoms with Gasteiger partial charge in [-0.15, -0.1) is 0 Å². The van der Waals surface area contributed by atoms with E-state index in [-0.39, 0.29) is 10.8 Å². The van der Waals surface area contributed by atoms with Gasteiger partial charge in [-0.1, -0.05) is 114 Å². The zero-order chi connectivity index (χ0) is 29.4. The number of hydrogen-bond donors (Lipinski definition) is 1. The molecule has 7 aromatic rings. The van der Waals surface area contributed by atoms with Gasteiger partial charge in [-0.25, -0.2) is 0 Å². The molecule has 7 rings (SSSR count). The summed E-state index contributed by atoms with van der Waals surface area (Å²) in [7, 11) is 0. The minimum atomic E-state index is -0.206. The molecule has 0 fully saturated rings. The molecule has 0 saturated carbocycles. The number of nitrogens with zero attached hydrogens (tertiary/aromatic N) is 1. The average molecular weight is 548 g/mol. The Morgan fingerprint density at radius 2 is 1.14 bits per heavy atom. The third-order valence-corrected chi connectivity index (χ3v) is 8.72. The van der Waals surface area contributed by atoms with Crippen LogP contribution >= 0.6 is 0 Å². The lowest BCUT2D eigenvalue weighted by Crippen LogP contribution is -2.14. The average Bonchev–Trinajstić information content (AvgIpc) is 2.96. The molecule has 42 heavy (non-hydrogen) atoms. The summed E-state index contributed by atoms with van der Waals surface area (Å²) in [5.74, 6) is 0.372. The van der Waals surface area contributed by atoms with Crippen molar-refractivity contribution in [2.75, 3.05) is 4.90 Å². The van der Waals surface area contributed by atoms with E-state index in [2.05, 4.69) is 156 Å². The van der Waals surface area contributed by atoms with Crippen LogP contribution in [0.15, 0.2) is 109 Å². The monoisotopic (exact) mass is 547 g/mol. The molecule has 0 spiro atoms. The maximum absolute atomic E-state index is 11.9. The number of rotatable bonds is 3. The Labute approximate surface area is 248 Å². The first-order valence-corrected chi connectivity index (χ1v) is 14.8. The standard InChI is InChI=1S/C40H37NO/c1-39(2,3)28-21-26-19-20-27-22-33(40(4,5)6)38(42)32-24-35(31(23-28)36(26)37(27)32)41(29-15-8-7-9-16-29)34-18-12-14-25-13-10-11-17-30(25)34/h7-24,42H,1-6H3. The first-order chi connectivity index (χ1) is 20.0. The van der Waals surface area contributed by atoms with Crippen LogP contribution in [0.1, 0.15) is 52.7 Å². The van der Waals surface area contributed by atoms with Crippen molar-refractivity contribution in [2.45, 2.75) is 52.4 Å². The molecule has 0 unspecified atom stereocenters. The smallest absolute Gasteiger partial charge is 0.127 e. The maximum atomic E-state index is 11.9. The predicted molar refractivity (Wildman–Crippen MR) is 181 cm³/mol. The molecule has 0 amide bonds. The van der Waals surface area contributed by atoms with Crippen LogP contribution in [-0.2, 0) is 10.8 Å². The highest BCUT2D eigenvalue weighted by Gasteiger charge is 2.27. The van der Waals surface area contributed by atoms with Crippen LogP contribution in [0.4, 0.5) is 17.1 Å². The lowest BCUT2D eigenvalue weighted by Gasteiger charge is -2.31. The highest BCUT2D eigenvalue weighted by Crippen LogP contribution is 2.50. The quantitative estimate of drug-likeness (QED) is 0.222. The summed E-state index contributed by atoms with van der Waals surface area (Å²) in [6, 6.07) is 39.4. The summed E-state index contributed by atoms with van der Waals surface area (Å²) >= 11 is 0. The SMILES string of the molecule is CC(C)(C)c1cc2ccc3cc(C(C)(C)C)c(O)c4cc(N(c5ccccc5)c5cccc6ccccc56)c(c1)c2c34. The van der Waals surface area contributed by atoms with Crippen molar-refractivity contribution < 1.29 is 5.11 Å². The number of benzene rings is 7. The van der Waals surface area contributed by atoms with Crippen LogP contribution in [0.2, 0.25) is 0 Å². The van der Waals surface area contributed by atoms with Gasteiger partial charge in [0.05, 0.1) is 11.4 Å². The molecule has 0 aliphatic carbocycles. The van der Waals surface area contributed by atoms with Gasteiger partial charge in [-0.05, 0) is 74.3 Å². The third-order valence-electron chi connectivity index (χ3n) is 8.72. The van der Waals surface area contributed by atoms with Gasteiger partial charge in [0.15, 0.2) is 0 Å². The van der Waals surface area contributed by atoms with E-state index >= 15 is 0 Å². The van der Waals surface area contributed by atoms with E-state index in [0.717, 1.165) is 38.8 Å². The predicted octanol–water partition coefficient (Wildman–Crippen LogP) is 11.5. The largest absolute Gasteiger partial charge is 0.507 e. The molecule has 0 saturated heterocycles. The third kappa shape index (κ3) is 4.09. The van der Waals surface area contributed by atoms with Crippen LogP contribution in [0.5, 0.6) is 5.75 Å². The zero-order valence-electron chi connectivity index (χ0n) is 25.3. The molecule has 208 valence electrons. The van der Waals surface area contributed by atoms with E-state index in [1.165, 1.54) is 32.5 Å². The Bertz CT molecular complexity index is 2100. The zero-order valence-corrected chi connectivity index (χ0v) is 25.3. The number of phenolic OH excluding ortho intramolecular Hbond substituents is 1. The Balaban J connectivity index is 1.70. The van der Waals surface area contributed by atoms with Crippen molar-refractivity contribution >= 4 is 60.2 Å². The van der Waals surface area contributed by atoms with E-state index in [4.69, 9.17) is 0 Å². The summed E-state index contributed by atoms with van der Waals surface area (Å²) in [5, 5.41) is 21.1. The van der Waals surface area contributed by atoms with Crippen molar-refractivity contribution in [1.82, 2.24) is 0 Å². The number of fused-ring (bicyclic) bond motifs is 1. The second kappa shape index (κ2) is 9.22. The van der Waals surface area contributed by atoms with E-state index in [9.17, 15) is 5.11 Å². The summed E-state index contributed by atoms with van der Waals surface area (Å²) in [4.78, 5) is 2.38. The molecule has 0 radical (unpaired) electrons. The number of aromatic hydroxyl groups is 1. The lowest BCUT2D eigenvalue weighted by molar-refractivity contribution is 0.453. The molecule has 0 heterocycles. The van der Waals surface area contributed by atoms with Crippen molar-refractivity contribution in [3.8, 4) is 5.75 Å². The molecule has 0 atom stereocenters. The molecular formula is C40H37NO. The fourth-order valence-electron chi connectivity index (χ4n) is 6.52. The second-order valence-corrected chi connectivity index (χ2v) is 13.7. The van der Waals surface area contributed by atoms with E-state index in [0.29, 0.717) is 5.75 Å². The van der Waals surface area contributed by atoms with Gasteiger partial charge in [0, 0.05) is 32.8 Å². The first kappa shape index (κ1) is 26.3. The van der Waals surface area contributed by atoms with Crippen molar-refractivity contribution in [1.29, 1.82) is 0 Å². The molecule has 0 aromatic heterocycles. The summed E-state index contributed by atoms with van der Waals surface area (Å²) in [6.45, 7) is 13.3. The van der Waals surface area contributed by atoms with Gasteiger partial charge in [0.25, 0.3) is 0 Å². The number of para-hydroxylation sites is 1. The Morgan fingerprint density at radius 1 is 0.500 bits per heavy atom. The number of anilines is 3. The second-order valence-electron chi connectivity index (χ2n) is 13.7. The van der Waals surface area contributed by atoms with Crippen LogP contribution in [-0.4, -0.2) is 5.11 Å². The molecule has 0 bridgehead atoms. The number of hydrogen-bond acceptors (Lipinski definition) is 2. The van der Waals surface area contributed by atoms with E-state index in [1.54, 1.807) is 0 Å². The van der Waals surface area contributed by atoms with E-state index in [1.807, 2.05) is 0 Å². The molecule has 0 aliphatic heterocycles. The first-order valence-electron chi connectivity index (χ1n) is 14.8. The summed E-state index contributed by atoms with van der Waals surface area (Å²) in [5.41, 5.74) is 5.28. The normalized spacial score (nSPS) is 12.6. The highest BCUT2D eigenvalue weighted by molar-refractivity contribution is 6.28. The maximum Gasteiger partial charge on any atom is 0.127 e. The Morgan fingerprint density at radius 3 is 1.86 bits per heavy atom. The van der Waals surface area contributed by atoms with Gasteiger partial charge in [0.2, 0.25) is 0 Å². The van der Waals surface area contributed by atoms with Crippen molar-refractivity contribution in [2.24, 2.45) is 0 Å². The van der Waals surface area contributed by atoms with Crippen molar-refractivity contribution in [3.63, 3.8) is 0 Å². The lowest BCUT2D eigenvalue weighted by atomic mass is 9.80. The highest BCUT2D eigenvalue weighted by atomic mass is 16.3. The molecule has 7 aromatic carbocycles. The van der Waals surface area contributed by atoms with Gasteiger partial charge < -0.3 is 10.0 Å². The van der Waals surface area contributed by atoms with Gasteiger partial charge in [-0.3, -0.25) is 0 Å². The van der Waals surface area contributed by atoms with Crippen LogP contribution < -0.4 is 4.90 Å². The summed E-state index contributed by atoms with van der Waals surface area (Å²) < 4.78 is 0.